The van der Waals surface area contributed by atoms with Gasteiger partial charge < -0.3 is 14.6 Å². The van der Waals surface area contributed by atoms with Gasteiger partial charge in [-0.05, 0) is 12.8 Å². The van der Waals surface area contributed by atoms with Gasteiger partial charge in [-0.3, -0.25) is 4.79 Å². The molecule has 0 saturated carbocycles. The van der Waals surface area contributed by atoms with E-state index in [0.29, 0.717) is 13.0 Å². The van der Waals surface area contributed by atoms with E-state index in [-0.39, 0.29) is 18.8 Å². The minimum Gasteiger partial charge on any atom is -0.468 e. The van der Waals surface area contributed by atoms with Gasteiger partial charge in [0.1, 0.15) is 5.41 Å². The molecule has 0 bridgehead atoms. The van der Waals surface area contributed by atoms with E-state index in [1.165, 1.54) is 7.11 Å². The highest BCUT2D eigenvalue weighted by Gasteiger charge is 2.62. The number of hydrogen-bond donors (Lipinski definition) is 1. The van der Waals surface area contributed by atoms with Crippen LogP contribution in [0.5, 0.6) is 0 Å². The third-order valence-corrected chi connectivity index (χ3v) is 5.52. The van der Waals surface area contributed by atoms with Crippen molar-refractivity contribution in [1.29, 1.82) is 0 Å². The summed E-state index contributed by atoms with van der Waals surface area (Å²) in [6.07, 6.45) is 0.361. The average molecular weight is 264 g/mol. The van der Waals surface area contributed by atoms with Crippen molar-refractivity contribution >= 4 is 15.8 Å². The molecule has 2 atom stereocenters. The predicted octanol–water partition coefficient (Wildman–Crippen LogP) is -0.884. The summed E-state index contributed by atoms with van der Waals surface area (Å²) in [5, 5.41) is 10.5. The highest BCUT2D eigenvalue weighted by molar-refractivity contribution is 7.91. The SMILES string of the molecule is COC(=O)C1(C2(O)CCS(=O)(=O)C2)CCOC1. The van der Waals surface area contributed by atoms with Crippen molar-refractivity contribution in [3.63, 3.8) is 0 Å². The summed E-state index contributed by atoms with van der Waals surface area (Å²) in [5.74, 6) is -1.07. The summed E-state index contributed by atoms with van der Waals surface area (Å²) in [7, 11) is -2.05. The van der Waals surface area contributed by atoms with Gasteiger partial charge in [0.15, 0.2) is 9.84 Å². The lowest BCUT2D eigenvalue weighted by atomic mass is 9.70. The van der Waals surface area contributed by atoms with Crippen molar-refractivity contribution in [2.24, 2.45) is 5.41 Å². The fourth-order valence-electron chi connectivity index (χ4n) is 2.69. The van der Waals surface area contributed by atoms with Crippen LogP contribution in [0.15, 0.2) is 0 Å². The summed E-state index contributed by atoms with van der Waals surface area (Å²) in [5.41, 5.74) is -2.79. The molecule has 0 radical (unpaired) electrons. The van der Waals surface area contributed by atoms with Gasteiger partial charge in [-0.2, -0.15) is 0 Å². The number of esters is 1. The van der Waals surface area contributed by atoms with Crippen LogP contribution < -0.4 is 0 Å². The molecule has 0 spiro atoms. The second-order valence-electron chi connectivity index (χ2n) is 4.75. The second-order valence-corrected chi connectivity index (χ2v) is 6.93. The molecule has 2 unspecified atom stereocenters. The average Bonchev–Trinajstić information content (AvgIpc) is 2.84. The molecule has 98 valence electrons. The normalized spacial score (nSPS) is 40.4. The molecule has 0 amide bonds. The van der Waals surface area contributed by atoms with E-state index in [4.69, 9.17) is 9.47 Å². The van der Waals surface area contributed by atoms with E-state index in [1.54, 1.807) is 0 Å². The van der Waals surface area contributed by atoms with Crippen molar-refractivity contribution in [2.75, 3.05) is 31.8 Å². The topological polar surface area (TPSA) is 89.9 Å². The van der Waals surface area contributed by atoms with Crippen molar-refractivity contribution in [1.82, 2.24) is 0 Å². The highest BCUT2D eigenvalue weighted by Crippen LogP contribution is 2.46. The monoisotopic (exact) mass is 264 g/mol. The first kappa shape index (κ1) is 12.8. The van der Waals surface area contributed by atoms with Crippen LogP contribution in [-0.2, 0) is 24.1 Å². The first-order valence-electron chi connectivity index (χ1n) is 5.44. The van der Waals surface area contributed by atoms with E-state index in [9.17, 15) is 18.3 Å². The number of methoxy groups -OCH3 is 1. The third-order valence-electron chi connectivity index (χ3n) is 3.77. The van der Waals surface area contributed by atoms with E-state index in [0.717, 1.165) is 0 Å². The molecular formula is C10H16O6S. The lowest BCUT2D eigenvalue weighted by molar-refractivity contribution is -0.170. The Morgan fingerprint density at radius 2 is 2.12 bits per heavy atom. The number of ether oxygens (including phenoxy) is 2. The molecule has 2 saturated heterocycles. The first-order chi connectivity index (χ1) is 7.85. The lowest BCUT2D eigenvalue weighted by Gasteiger charge is -2.37. The van der Waals surface area contributed by atoms with Crippen molar-refractivity contribution < 1.29 is 27.8 Å². The summed E-state index contributed by atoms with van der Waals surface area (Å²) in [6.45, 7) is 0.350. The zero-order valence-corrected chi connectivity index (χ0v) is 10.5. The molecule has 2 heterocycles. The van der Waals surface area contributed by atoms with Gasteiger partial charge in [-0.1, -0.05) is 0 Å². The van der Waals surface area contributed by atoms with Crippen LogP contribution in [0.25, 0.3) is 0 Å². The molecule has 2 aliphatic heterocycles. The van der Waals surface area contributed by atoms with Crippen molar-refractivity contribution in [3.05, 3.63) is 0 Å². The number of carbonyl (C=O) groups excluding carboxylic acids is 1. The van der Waals surface area contributed by atoms with Gasteiger partial charge in [-0.25, -0.2) is 8.42 Å². The van der Waals surface area contributed by atoms with Gasteiger partial charge in [0, 0.05) is 6.61 Å². The van der Waals surface area contributed by atoms with Gasteiger partial charge in [0.2, 0.25) is 0 Å². The maximum Gasteiger partial charge on any atom is 0.317 e. The highest BCUT2D eigenvalue weighted by atomic mass is 32.2. The maximum absolute atomic E-state index is 11.9. The zero-order chi connectivity index (χ0) is 12.7. The maximum atomic E-state index is 11.9. The minimum absolute atomic E-state index is 0.0195. The molecule has 6 nitrogen and oxygen atoms in total. The summed E-state index contributed by atoms with van der Waals surface area (Å²) in [6, 6.07) is 0. The molecule has 1 N–H and O–H groups in total. The number of carbonyl (C=O) groups is 1. The van der Waals surface area contributed by atoms with E-state index in [2.05, 4.69) is 0 Å². The van der Waals surface area contributed by atoms with Crippen LogP contribution in [0.1, 0.15) is 12.8 Å². The molecule has 0 aromatic carbocycles. The fourth-order valence-corrected chi connectivity index (χ4v) is 4.63. The minimum atomic E-state index is -3.28. The molecule has 17 heavy (non-hydrogen) atoms. The third kappa shape index (κ3) is 1.86. The molecule has 0 aromatic heterocycles. The Morgan fingerprint density at radius 1 is 1.41 bits per heavy atom. The van der Waals surface area contributed by atoms with E-state index < -0.39 is 32.6 Å². The number of rotatable bonds is 2. The Bertz CT molecular complexity index is 422. The quantitative estimate of drug-likeness (QED) is 0.651. The van der Waals surface area contributed by atoms with Crippen LogP contribution in [0, 0.1) is 5.41 Å². The zero-order valence-electron chi connectivity index (χ0n) is 9.64. The van der Waals surface area contributed by atoms with Gasteiger partial charge >= 0.3 is 5.97 Å². The number of sulfone groups is 1. The molecule has 2 fully saturated rings. The predicted molar refractivity (Wildman–Crippen MR) is 58.1 cm³/mol. The van der Waals surface area contributed by atoms with Crippen LogP contribution >= 0.6 is 0 Å². The Kier molecular flexibility index (Phi) is 2.95. The summed E-state index contributed by atoms with van der Waals surface area (Å²) < 4.78 is 32.9. The van der Waals surface area contributed by atoms with Crippen LogP contribution in [0.3, 0.4) is 0 Å². The Labute approximate surface area is 99.8 Å². The van der Waals surface area contributed by atoms with Crippen molar-refractivity contribution in [3.8, 4) is 0 Å². The Hall–Kier alpha value is -0.660. The molecular weight excluding hydrogens is 248 g/mol. The van der Waals surface area contributed by atoms with E-state index >= 15 is 0 Å². The fraction of sp³-hybridized carbons (Fsp3) is 0.900. The summed E-state index contributed by atoms with van der Waals surface area (Å²) in [4.78, 5) is 11.9. The molecule has 7 heteroatoms. The number of hydrogen-bond acceptors (Lipinski definition) is 6. The summed E-state index contributed by atoms with van der Waals surface area (Å²) >= 11 is 0. The smallest absolute Gasteiger partial charge is 0.317 e. The second kappa shape index (κ2) is 3.93. The van der Waals surface area contributed by atoms with Crippen LogP contribution in [0.4, 0.5) is 0 Å². The molecule has 2 rings (SSSR count). The molecule has 0 aromatic rings. The van der Waals surface area contributed by atoms with Gasteiger partial charge in [0.25, 0.3) is 0 Å². The van der Waals surface area contributed by atoms with Gasteiger partial charge in [-0.15, -0.1) is 0 Å². The Morgan fingerprint density at radius 3 is 2.53 bits per heavy atom. The number of aliphatic hydroxyl groups is 1. The van der Waals surface area contributed by atoms with Gasteiger partial charge in [0.05, 0.1) is 30.8 Å². The lowest BCUT2D eigenvalue weighted by Crippen LogP contribution is -2.55. The Balaban J connectivity index is 2.38. The van der Waals surface area contributed by atoms with Crippen molar-refractivity contribution in [2.45, 2.75) is 18.4 Å². The first-order valence-corrected chi connectivity index (χ1v) is 7.26. The van der Waals surface area contributed by atoms with Crippen LogP contribution in [-0.4, -0.2) is 56.9 Å². The largest absolute Gasteiger partial charge is 0.468 e. The molecule has 2 aliphatic rings. The van der Waals surface area contributed by atoms with Crippen LogP contribution in [0.2, 0.25) is 0 Å². The molecule has 0 aliphatic carbocycles. The standard InChI is InChI=1S/C10H16O6S/c1-15-8(11)9(2-4-16-6-9)10(12)3-5-17(13,14)7-10/h12H,2-7H2,1H3. The van der Waals surface area contributed by atoms with E-state index in [1.807, 2.05) is 0 Å².